The van der Waals surface area contributed by atoms with Gasteiger partial charge in [-0.2, -0.15) is 0 Å². The first kappa shape index (κ1) is 19.3. The zero-order valence-electron chi connectivity index (χ0n) is 16.6. The van der Waals surface area contributed by atoms with Gasteiger partial charge in [-0.25, -0.2) is 4.98 Å². The molecular weight excluding hydrogens is 338 g/mol. The van der Waals surface area contributed by atoms with Crippen LogP contribution in [0, 0.1) is 20.8 Å². The van der Waals surface area contributed by atoms with Gasteiger partial charge in [0.1, 0.15) is 5.82 Å². The summed E-state index contributed by atoms with van der Waals surface area (Å²) in [7, 11) is 0. The Labute approximate surface area is 161 Å². The number of Topliss-reactive ketones (excluding diaryl/α,β-unsaturated/α-hetero) is 1. The molecule has 0 radical (unpaired) electrons. The molecule has 2 aromatic rings. The number of nitrogens with one attached hydrogen (secondary N) is 1. The fraction of sp³-hybridized carbons (Fsp3) is 0.500. The molecule has 1 aromatic carbocycles. The van der Waals surface area contributed by atoms with E-state index >= 15 is 0 Å². The van der Waals surface area contributed by atoms with Crippen LogP contribution in [-0.4, -0.2) is 21.2 Å². The molecule has 1 aliphatic rings. The van der Waals surface area contributed by atoms with Crippen molar-refractivity contribution in [2.24, 2.45) is 0 Å². The Balaban J connectivity index is 1.44. The van der Waals surface area contributed by atoms with Gasteiger partial charge in [0, 0.05) is 37.6 Å². The highest BCUT2D eigenvalue weighted by Crippen LogP contribution is 2.19. The lowest BCUT2D eigenvalue weighted by Gasteiger charge is -2.11. The van der Waals surface area contributed by atoms with E-state index in [-0.39, 0.29) is 11.7 Å². The monoisotopic (exact) mass is 367 g/mol. The summed E-state index contributed by atoms with van der Waals surface area (Å²) in [5, 5.41) is 2.93. The summed E-state index contributed by atoms with van der Waals surface area (Å²) in [5.74, 6) is 1.23. The fourth-order valence-corrected chi connectivity index (χ4v) is 3.99. The van der Waals surface area contributed by atoms with E-state index < -0.39 is 0 Å². The normalized spacial score (nSPS) is 13.3. The lowest BCUT2D eigenvalue weighted by molar-refractivity contribution is -0.121. The van der Waals surface area contributed by atoms with E-state index in [0.29, 0.717) is 25.8 Å². The van der Waals surface area contributed by atoms with Crippen LogP contribution in [0.15, 0.2) is 18.3 Å². The highest BCUT2D eigenvalue weighted by Gasteiger charge is 2.15. The summed E-state index contributed by atoms with van der Waals surface area (Å²) in [6, 6.07) is 4.08. The molecule has 0 bridgehead atoms. The number of carbonyl (C=O) groups is 2. The number of ketones is 1. The number of rotatable bonds is 7. The number of imidazole rings is 1. The van der Waals surface area contributed by atoms with Gasteiger partial charge in [0.05, 0.1) is 12.2 Å². The predicted octanol–water partition coefficient (Wildman–Crippen LogP) is 3.81. The van der Waals surface area contributed by atoms with Crippen molar-refractivity contribution in [1.29, 1.82) is 0 Å². The average Bonchev–Trinajstić information content (AvgIpc) is 3.02. The van der Waals surface area contributed by atoms with Crippen molar-refractivity contribution in [3.8, 4) is 0 Å². The smallest absolute Gasteiger partial charge is 0.220 e. The molecule has 0 saturated carbocycles. The Morgan fingerprint density at radius 2 is 1.85 bits per heavy atom. The van der Waals surface area contributed by atoms with Crippen LogP contribution in [-0.2, 0) is 24.3 Å². The Bertz CT molecular complexity index is 805. The number of aromatic nitrogens is 2. The number of nitrogens with zero attached hydrogens (tertiary/aromatic N) is 2. The Hall–Kier alpha value is -2.43. The van der Waals surface area contributed by atoms with Crippen LogP contribution in [0.25, 0.3) is 0 Å². The number of benzene rings is 1. The van der Waals surface area contributed by atoms with Crippen LogP contribution in [0.5, 0.6) is 0 Å². The number of aryl methyl sites for hydroxylation is 5. The summed E-state index contributed by atoms with van der Waals surface area (Å²) in [4.78, 5) is 29.2. The number of amides is 1. The van der Waals surface area contributed by atoms with Gasteiger partial charge in [-0.05, 0) is 51.2 Å². The lowest BCUT2D eigenvalue weighted by Crippen LogP contribution is -2.22. The van der Waals surface area contributed by atoms with Crippen LogP contribution in [0.4, 0.5) is 0 Å². The first-order chi connectivity index (χ1) is 12.9. The van der Waals surface area contributed by atoms with Crippen LogP contribution < -0.4 is 5.32 Å². The van der Waals surface area contributed by atoms with Gasteiger partial charge in [-0.15, -0.1) is 0 Å². The topological polar surface area (TPSA) is 64.0 Å². The highest BCUT2D eigenvalue weighted by molar-refractivity contribution is 5.99. The molecule has 144 valence electrons. The minimum Gasteiger partial charge on any atom is -0.350 e. The van der Waals surface area contributed by atoms with E-state index in [4.69, 9.17) is 0 Å². The molecule has 1 amide bonds. The number of hydrogen-bond acceptors (Lipinski definition) is 3. The van der Waals surface area contributed by atoms with Crippen LogP contribution in [0.3, 0.4) is 0 Å². The number of fused-ring (bicyclic) bond motifs is 1. The molecule has 27 heavy (non-hydrogen) atoms. The fourth-order valence-electron chi connectivity index (χ4n) is 3.99. The molecule has 5 heteroatoms. The van der Waals surface area contributed by atoms with Gasteiger partial charge >= 0.3 is 0 Å². The maximum absolute atomic E-state index is 12.5. The standard InChI is InChI=1S/C22H29N3O2/c1-15-11-16(2)22(17(3)12-15)19(26)7-6-9-21(27)23-13-18-14-25-10-5-4-8-20(25)24-18/h11-12,14H,4-10,13H2,1-3H3,(H,23,27). The first-order valence-electron chi connectivity index (χ1n) is 9.86. The molecule has 5 nitrogen and oxygen atoms in total. The summed E-state index contributed by atoms with van der Waals surface area (Å²) < 4.78 is 2.19. The summed E-state index contributed by atoms with van der Waals surface area (Å²) in [6.07, 6.45) is 6.78. The average molecular weight is 367 g/mol. The van der Waals surface area contributed by atoms with Crippen molar-refractivity contribution in [3.63, 3.8) is 0 Å². The molecule has 0 aliphatic carbocycles. The van der Waals surface area contributed by atoms with Gasteiger partial charge in [-0.1, -0.05) is 17.7 Å². The van der Waals surface area contributed by atoms with E-state index in [1.165, 1.54) is 18.4 Å². The van der Waals surface area contributed by atoms with E-state index in [2.05, 4.69) is 14.9 Å². The lowest BCUT2D eigenvalue weighted by atomic mass is 9.94. The van der Waals surface area contributed by atoms with Crippen LogP contribution in [0.1, 0.15) is 70.7 Å². The van der Waals surface area contributed by atoms with Gasteiger partial charge in [0.2, 0.25) is 5.91 Å². The quantitative estimate of drug-likeness (QED) is 0.757. The Kier molecular flexibility index (Phi) is 6.09. The molecule has 0 unspecified atom stereocenters. The summed E-state index contributed by atoms with van der Waals surface area (Å²) in [6.45, 7) is 7.48. The van der Waals surface area contributed by atoms with Crippen molar-refractivity contribution in [1.82, 2.24) is 14.9 Å². The summed E-state index contributed by atoms with van der Waals surface area (Å²) in [5.41, 5.74) is 4.94. The summed E-state index contributed by atoms with van der Waals surface area (Å²) >= 11 is 0. The predicted molar refractivity (Wildman–Crippen MR) is 106 cm³/mol. The third kappa shape index (κ3) is 4.85. The first-order valence-corrected chi connectivity index (χ1v) is 9.86. The highest BCUT2D eigenvalue weighted by atomic mass is 16.1. The Morgan fingerprint density at radius 1 is 1.11 bits per heavy atom. The molecule has 1 N–H and O–H groups in total. The zero-order chi connectivity index (χ0) is 19.4. The Morgan fingerprint density at radius 3 is 2.56 bits per heavy atom. The zero-order valence-corrected chi connectivity index (χ0v) is 16.6. The molecule has 0 spiro atoms. The number of carbonyl (C=O) groups excluding carboxylic acids is 2. The van der Waals surface area contributed by atoms with Crippen LogP contribution >= 0.6 is 0 Å². The molecule has 0 atom stereocenters. The third-order valence-electron chi connectivity index (χ3n) is 5.19. The second-order valence-corrected chi connectivity index (χ2v) is 7.63. The van der Waals surface area contributed by atoms with Crippen molar-refractivity contribution in [2.75, 3.05) is 0 Å². The molecule has 2 heterocycles. The largest absolute Gasteiger partial charge is 0.350 e. The van der Waals surface area contributed by atoms with E-state index in [1.807, 2.05) is 39.1 Å². The molecule has 3 rings (SSSR count). The van der Waals surface area contributed by atoms with E-state index in [0.717, 1.165) is 41.2 Å². The van der Waals surface area contributed by atoms with Gasteiger partial charge in [0.25, 0.3) is 0 Å². The number of hydrogen-bond donors (Lipinski definition) is 1. The van der Waals surface area contributed by atoms with E-state index in [1.54, 1.807) is 0 Å². The third-order valence-corrected chi connectivity index (χ3v) is 5.19. The minimum atomic E-state index is -0.0221. The van der Waals surface area contributed by atoms with Crippen molar-refractivity contribution >= 4 is 11.7 Å². The van der Waals surface area contributed by atoms with Gasteiger partial charge in [0.15, 0.2) is 5.78 Å². The van der Waals surface area contributed by atoms with Crippen molar-refractivity contribution in [3.05, 3.63) is 52.1 Å². The second kappa shape index (κ2) is 8.51. The molecular formula is C22H29N3O2. The molecule has 1 aliphatic heterocycles. The van der Waals surface area contributed by atoms with E-state index in [9.17, 15) is 9.59 Å². The maximum atomic E-state index is 12.5. The van der Waals surface area contributed by atoms with Crippen molar-refractivity contribution in [2.45, 2.75) is 72.4 Å². The maximum Gasteiger partial charge on any atom is 0.220 e. The van der Waals surface area contributed by atoms with Crippen molar-refractivity contribution < 1.29 is 9.59 Å². The van der Waals surface area contributed by atoms with Crippen LogP contribution in [0.2, 0.25) is 0 Å². The minimum absolute atomic E-state index is 0.0221. The molecule has 0 fully saturated rings. The SMILES string of the molecule is Cc1cc(C)c(C(=O)CCCC(=O)NCc2cn3c(n2)CCCC3)c(C)c1. The molecule has 0 saturated heterocycles. The van der Waals surface area contributed by atoms with Gasteiger partial charge < -0.3 is 9.88 Å². The second-order valence-electron chi connectivity index (χ2n) is 7.63. The van der Waals surface area contributed by atoms with Gasteiger partial charge in [-0.3, -0.25) is 9.59 Å². The molecule has 1 aromatic heterocycles.